The van der Waals surface area contributed by atoms with Crippen molar-refractivity contribution in [2.24, 2.45) is 7.05 Å². The number of hydrogen-bond donors (Lipinski definition) is 1. The van der Waals surface area contributed by atoms with Crippen molar-refractivity contribution in [3.8, 4) is 0 Å². The summed E-state index contributed by atoms with van der Waals surface area (Å²) < 4.78 is 2.01. The molecule has 0 amide bonds. The smallest absolute Gasteiger partial charge is 0.122 e. The summed E-state index contributed by atoms with van der Waals surface area (Å²) >= 11 is 0. The van der Waals surface area contributed by atoms with Crippen LogP contribution < -0.4 is 0 Å². The molecule has 3 heteroatoms. The van der Waals surface area contributed by atoms with E-state index in [1.807, 2.05) is 41.9 Å². The zero-order valence-electron chi connectivity index (χ0n) is 7.40. The van der Waals surface area contributed by atoms with Crippen molar-refractivity contribution < 1.29 is 10.1 Å². The summed E-state index contributed by atoms with van der Waals surface area (Å²) in [6.45, 7) is 0.227. The van der Waals surface area contributed by atoms with Crippen LogP contribution in [-0.4, -0.2) is 9.82 Å². The molecular weight excluding hydrogens is 166 g/mol. The van der Waals surface area contributed by atoms with Gasteiger partial charge in [-0.25, -0.2) is 4.89 Å². The number of aromatic nitrogens is 1. The maximum Gasteiger partial charge on any atom is 0.122 e. The van der Waals surface area contributed by atoms with Gasteiger partial charge in [0.2, 0.25) is 0 Å². The van der Waals surface area contributed by atoms with Gasteiger partial charge in [0, 0.05) is 18.3 Å². The van der Waals surface area contributed by atoms with Crippen LogP contribution in [0.2, 0.25) is 0 Å². The largest absolute Gasteiger partial charge is 0.345 e. The fourth-order valence-electron chi connectivity index (χ4n) is 1.55. The maximum atomic E-state index is 8.36. The van der Waals surface area contributed by atoms with Crippen LogP contribution in [-0.2, 0) is 18.5 Å². The molecule has 0 spiro atoms. The van der Waals surface area contributed by atoms with Crippen molar-refractivity contribution in [2.45, 2.75) is 6.61 Å². The molecule has 0 atom stereocenters. The van der Waals surface area contributed by atoms with Gasteiger partial charge in [0.05, 0.1) is 0 Å². The second-order valence-electron chi connectivity index (χ2n) is 3.03. The minimum Gasteiger partial charge on any atom is -0.345 e. The highest BCUT2D eigenvalue weighted by Gasteiger charge is 2.03. The first-order valence-corrected chi connectivity index (χ1v) is 4.12. The molecule has 1 N–H and O–H groups in total. The van der Waals surface area contributed by atoms with Crippen molar-refractivity contribution >= 4 is 10.9 Å². The van der Waals surface area contributed by atoms with Crippen molar-refractivity contribution in [3.05, 3.63) is 36.0 Å². The van der Waals surface area contributed by atoms with E-state index in [0.717, 1.165) is 16.6 Å². The zero-order chi connectivity index (χ0) is 9.26. The minimum absolute atomic E-state index is 0.227. The summed E-state index contributed by atoms with van der Waals surface area (Å²) in [6, 6.07) is 10.1. The third-order valence-electron chi connectivity index (χ3n) is 2.26. The molecule has 0 aliphatic rings. The zero-order valence-corrected chi connectivity index (χ0v) is 7.40. The Balaban J connectivity index is 2.60. The highest BCUT2D eigenvalue weighted by atomic mass is 17.1. The van der Waals surface area contributed by atoms with Gasteiger partial charge in [-0.15, -0.1) is 0 Å². The molecule has 2 rings (SSSR count). The van der Waals surface area contributed by atoms with E-state index < -0.39 is 0 Å². The van der Waals surface area contributed by atoms with Crippen LogP contribution in [0.5, 0.6) is 0 Å². The Morgan fingerprint density at radius 1 is 1.38 bits per heavy atom. The van der Waals surface area contributed by atoms with E-state index in [0.29, 0.717) is 0 Å². The van der Waals surface area contributed by atoms with E-state index in [4.69, 9.17) is 5.26 Å². The Labute approximate surface area is 76.1 Å². The van der Waals surface area contributed by atoms with E-state index in [-0.39, 0.29) is 6.61 Å². The maximum absolute atomic E-state index is 8.36. The third kappa shape index (κ3) is 1.32. The van der Waals surface area contributed by atoms with Gasteiger partial charge in [-0.1, -0.05) is 18.2 Å². The van der Waals surface area contributed by atoms with Crippen molar-refractivity contribution in [3.63, 3.8) is 0 Å². The summed E-state index contributed by atoms with van der Waals surface area (Å²) in [4.78, 5) is 4.12. The average molecular weight is 177 g/mol. The molecule has 68 valence electrons. The lowest BCUT2D eigenvalue weighted by molar-refractivity contribution is -0.254. The lowest BCUT2D eigenvalue weighted by Crippen LogP contribution is -1.96. The van der Waals surface area contributed by atoms with Crippen molar-refractivity contribution in [1.29, 1.82) is 0 Å². The van der Waals surface area contributed by atoms with Gasteiger partial charge >= 0.3 is 0 Å². The molecule has 0 radical (unpaired) electrons. The van der Waals surface area contributed by atoms with Crippen LogP contribution in [0.1, 0.15) is 5.69 Å². The molecule has 1 heterocycles. The van der Waals surface area contributed by atoms with Crippen LogP contribution in [0.25, 0.3) is 10.9 Å². The van der Waals surface area contributed by atoms with Gasteiger partial charge < -0.3 is 4.57 Å². The normalized spacial score (nSPS) is 10.9. The van der Waals surface area contributed by atoms with Gasteiger partial charge in [-0.3, -0.25) is 5.26 Å². The Kier molecular flexibility index (Phi) is 2.04. The number of nitrogens with zero attached hydrogens (tertiary/aromatic N) is 1. The first-order valence-electron chi connectivity index (χ1n) is 4.12. The van der Waals surface area contributed by atoms with E-state index in [1.54, 1.807) is 0 Å². The van der Waals surface area contributed by atoms with Crippen LogP contribution in [0.3, 0.4) is 0 Å². The summed E-state index contributed by atoms with van der Waals surface area (Å²) in [7, 11) is 1.96. The van der Waals surface area contributed by atoms with Crippen molar-refractivity contribution in [2.75, 3.05) is 0 Å². The summed E-state index contributed by atoms with van der Waals surface area (Å²) in [5.74, 6) is 0. The minimum atomic E-state index is 0.227. The molecule has 2 aromatic rings. The highest BCUT2D eigenvalue weighted by molar-refractivity contribution is 5.81. The molecule has 0 unspecified atom stereocenters. The number of aryl methyl sites for hydroxylation is 1. The first-order chi connectivity index (χ1) is 6.33. The monoisotopic (exact) mass is 177 g/mol. The molecule has 0 fully saturated rings. The SMILES string of the molecule is Cn1c(COO)cc2ccccc21. The number of benzene rings is 1. The third-order valence-corrected chi connectivity index (χ3v) is 2.26. The number of fused-ring (bicyclic) bond motifs is 1. The van der Waals surface area contributed by atoms with Gasteiger partial charge in [-0.05, 0) is 17.5 Å². The fourth-order valence-corrected chi connectivity index (χ4v) is 1.55. The standard InChI is InChI=1S/C10H11NO2/c1-11-9(7-13-12)6-8-4-2-3-5-10(8)11/h2-6,12H,7H2,1H3. The van der Waals surface area contributed by atoms with Crippen LogP contribution in [0.15, 0.2) is 30.3 Å². The lowest BCUT2D eigenvalue weighted by atomic mass is 10.2. The number of para-hydroxylation sites is 1. The molecule has 0 saturated carbocycles. The molecule has 0 aliphatic carbocycles. The Bertz CT molecular complexity index is 420. The Hall–Kier alpha value is -1.32. The van der Waals surface area contributed by atoms with Crippen LogP contribution in [0.4, 0.5) is 0 Å². The molecular formula is C10H11NO2. The Morgan fingerprint density at radius 2 is 2.15 bits per heavy atom. The summed E-state index contributed by atoms with van der Waals surface area (Å²) in [5, 5.41) is 9.52. The molecule has 0 aliphatic heterocycles. The molecule has 1 aromatic heterocycles. The second-order valence-corrected chi connectivity index (χ2v) is 3.03. The number of rotatable bonds is 2. The Morgan fingerprint density at radius 3 is 2.85 bits per heavy atom. The molecule has 0 saturated heterocycles. The molecule has 0 bridgehead atoms. The molecule has 3 nitrogen and oxygen atoms in total. The van der Waals surface area contributed by atoms with E-state index in [1.165, 1.54) is 0 Å². The van der Waals surface area contributed by atoms with Crippen LogP contribution in [0, 0.1) is 0 Å². The van der Waals surface area contributed by atoms with Gasteiger partial charge in [-0.2, -0.15) is 0 Å². The van der Waals surface area contributed by atoms with E-state index >= 15 is 0 Å². The predicted octanol–water partition coefficient (Wildman–Crippen LogP) is 2.17. The second kappa shape index (κ2) is 3.20. The fraction of sp³-hybridized carbons (Fsp3) is 0.200. The van der Waals surface area contributed by atoms with Gasteiger partial charge in [0.1, 0.15) is 6.61 Å². The van der Waals surface area contributed by atoms with Gasteiger partial charge in [0.15, 0.2) is 0 Å². The molecule has 13 heavy (non-hydrogen) atoms. The predicted molar refractivity (Wildman–Crippen MR) is 50.3 cm³/mol. The number of hydrogen-bond acceptors (Lipinski definition) is 2. The van der Waals surface area contributed by atoms with Crippen molar-refractivity contribution in [1.82, 2.24) is 4.57 Å². The highest BCUT2D eigenvalue weighted by Crippen LogP contribution is 2.18. The molecule has 1 aromatic carbocycles. The van der Waals surface area contributed by atoms with Gasteiger partial charge in [0.25, 0.3) is 0 Å². The summed E-state index contributed by atoms with van der Waals surface area (Å²) in [5.41, 5.74) is 2.11. The van der Waals surface area contributed by atoms with E-state index in [9.17, 15) is 0 Å². The lowest BCUT2D eigenvalue weighted by Gasteiger charge is -2.00. The topological polar surface area (TPSA) is 34.4 Å². The van der Waals surface area contributed by atoms with Crippen LogP contribution >= 0.6 is 0 Å². The summed E-state index contributed by atoms with van der Waals surface area (Å²) in [6.07, 6.45) is 0. The average Bonchev–Trinajstić information content (AvgIpc) is 2.46. The van der Waals surface area contributed by atoms with E-state index in [2.05, 4.69) is 4.89 Å². The quantitative estimate of drug-likeness (QED) is 0.563. The first kappa shape index (κ1) is 8.29.